The van der Waals surface area contributed by atoms with Crippen LogP contribution >= 0.6 is 12.2 Å². The summed E-state index contributed by atoms with van der Waals surface area (Å²) in [5.74, 6) is 0.383. The van der Waals surface area contributed by atoms with Gasteiger partial charge in [-0.2, -0.15) is 13.2 Å². The molecule has 0 spiro atoms. The van der Waals surface area contributed by atoms with E-state index in [2.05, 4.69) is 15.6 Å². The highest BCUT2D eigenvalue weighted by molar-refractivity contribution is 7.80. The van der Waals surface area contributed by atoms with E-state index in [-0.39, 0.29) is 10.8 Å². The molecule has 0 bridgehead atoms. The van der Waals surface area contributed by atoms with Gasteiger partial charge in [-0.3, -0.25) is 0 Å². The molecule has 2 aromatic carbocycles. The highest BCUT2D eigenvalue weighted by Gasteiger charge is 2.30. The lowest BCUT2D eigenvalue weighted by Gasteiger charge is -2.13. The fourth-order valence-electron chi connectivity index (χ4n) is 2.04. The number of anilines is 1. The Morgan fingerprint density at radius 2 is 1.80 bits per heavy atom. The number of aliphatic imine (C=N–C) groups is 1. The minimum atomic E-state index is -4.40. The fourth-order valence-corrected chi connectivity index (χ4v) is 2.24. The van der Waals surface area contributed by atoms with Crippen LogP contribution in [-0.4, -0.2) is 17.5 Å². The molecule has 2 N–H and O–H groups in total. The molecule has 0 unspecified atom stereocenters. The van der Waals surface area contributed by atoms with Crippen molar-refractivity contribution in [2.24, 2.45) is 4.99 Å². The first-order valence-electron chi connectivity index (χ1n) is 7.76. The molecular formula is C18H18F3N3S. The predicted molar refractivity (Wildman–Crippen MR) is 98.9 cm³/mol. The van der Waals surface area contributed by atoms with Crippen LogP contribution in [-0.2, 0) is 6.18 Å². The smallest absolute Gasteiger partial charge is 0.361 e. The number of alkyl halides is 3. The summed E-state index contributed by atoms with van der Waals surface area (Å²) in [6.45, 7) is 2.67. The van der Waals surface area contributed by atoms with E-state index >= 15 is 0 Å². The molecule has 0 saturated carbocycles. The normalized spacial score (nSPS) is 11.9. The zero-order valence-corrected chi connectivity index (χ0v) is 14.4. The maximum Gasteiger partial charge on any atom is 0.416 e. The van der Waals surface area contributed by atoms with Crippen molar-refractivity contribution in [2.45, 2.75) is 19.5 Å². The molecule has 25 heavy (non-hydrogen) atoms. The van der Waals surface area contributed by atoms with Gasteiger partial charge in [0.15, 0.2) is 5.11 Å². The molecule has 2 rings (SSSR count). The molecule has 0 heterocycles. The summed E-state index contributed by atoms with van der Waals surface area (Å²) >= 11 is 5.18. The molecule has 0 aromatic heterocycles. The van der Waals surface area contributed by atoms with Crippen LogP contribution in [0.5, 0.6) is 0 Å². The van der Waals surface area contributed by atoms with Gasteiger partial charge in [-0.1, -0.05) is 43.3 Å². The van der Waals surface area contributed by atoms with Gasteiger partial charge in [0.2, 0.25) is 0 Å². The number of rotatable bonds is 4. The number of nitrogens with one attached hydrogen (secondary N) is 2. The average Bonchev–Trinajstić information content (AvgIpc) is 2.60. The molecule has 0 aliphatic carbocycles. The molecule has 7 heteroatoms. The lowest BCUT2D eigenvalue weighted by atomic mass is 10.1. The molecular weight excluding hydrogens is 347 g/mol. The van der Waals surface area contributed by atoms with Crippen molar-refractivity contribution in [2.75, 3.05) is 11.9 Å². The van der Waals surface area contributed by atoms with Crippen molar-refractivity contribution in [1.82, 2.24) is 5.32 Å². The summed E-state index contributed by atoms with van der Waals surface area (Å²) in [6, 6.07) is 14.1. The van der Waals surface area contributed by atoms with E-state index in [1.54, 1.807) is 6.07 Å². The molecule has 2 aromatic rings. The Kier molecular flexibility index (Phi) is 6.52. The zero-order valence-electron chi connectivity index (χ0n) is 13.6. The molecule has 0 aliphatic rings. The lowest BCUT2D eigenvalue weighted by molar-refractivity contribution is -0.137. The molecule has 0 saturated heterocycles. The van der Waals surface area contributed by atoms with Crippen LogP contribution in [0.2, 0.25) is 0 Å². The zero-order chi connectivity index (χ0) is 18.3. The van der Waals surface area contributed by atoms with Gasteiger partial charge in [-0.15, -0.1) is 0 Å². The summed E-state index contributed by atoms with van der Waals surface area (Å²) < 4.78 is 38.7. The van der Waals surface area contributed by atoms with Crippen molar-refractivity contribution >= 4 is 28.9 Å². The number of nitrogens with zero attached hydrogens (tertiary/aromatic N) is 1. The quantitative estimate of drug-likeness (QED) is 0.462. The second kappa shape index (κ2) is 8.62. The Morgan fingerprint density at radius 3 is 2.44 bits per heavy atom. The van der Waals surface area contributed by atoms with E-state index in [4.69, 9.17) is 12.2 Å². The minimum Gasteiger partial charge on any atom is -0.361 e. The van der Waals surface area contributed by atoms with Crippen LogP contribution in [0.3, 0.4) is 0 Å². The second-order valence-electron chi connectivity index (χ2n) is 5.26. The lowest BCUT2D eigenvalue weighted by Crippen LogP contribution is -2.24. The SMILES string of the molecule is CCCNC(=S)N=C(Nc1cccc(C(F)(F)F)c1)c1ccccc1. The molecule has 0 radical (unpaired) electrons. The van der Waals surface area contributed by atoms with E-state index in [1.165, 1.54) is 6.07 Å². The number of thiocarbonyl (C=S) groups is 1. The van der Waals surface area contributed by atoms with Crippen molar-refractivity contribution < 1.29 is 13.2 Å². The summed E-state index contributed by atoms with van der Waals surface area (Å²) in [5, 5.41) is 6.19. The Balaban J connectivity index is 2.31. The van der Waals surface area contributed by atoms with Gasteiger partial charge >= 0.3 is 6.18 Å². The van der Waals surface area contributed by atoms with Gasteiger partial charge in [0.05, 0.1) is 5.56 Å². The van der Waals surface area contributed by atoms with E-state index < -0.39 is 11.7 Å². The third-order valence-electron chi connectivity index (χ3n) is 3.24. The molecule has 0 amide bonds. The van der Waals surface area contributed by atoms with Gasteiger partial charge in [0, 0.05) is 17.8 Å². The Hall–Kier alpha value is -2.41. The first-order chi connectivity index (χ1) is 11.9. The Labute approximate surface area is 150 Å². The molecule has 0 atom stereocenters. The predicted octanol–water partition coefficient (Wildman–Crippen LogP) is 4.85. The van der Waals surface area contributed by atoms with Gasteiger partial charge < -0.3 is 10.6 Å². The van der Waals surface area contributed by atoms with Crippen LogP contribution in [0.15, 0.2) is 59.6 Å². The van der Waals surface area contributed by atoms with Crippen LogP contribution in [0.25, 0.3) is 0 Å². The number of amidine groups is 1. The first-order valence-corrected chi connectivity index (χ1v) is 8.17. The largest absolute Gasteiger partial charge is 0.416 e. The van der Waals surface area contributed by atoms with Crippen LogP contribution in [0.4, 0.5) is 18.9 Å². The second-order valence-corrected chi connectivity index (χ2v) is 5.65. The number of hydrogen-bond donors (Lipinski definition) is 2. The molecule has 3 nitrogen and oxygen atoms in total. The van der Waals surface area contributed by atoms with E-state index in [0.717, 1.165) is 24.1 Å². The standard InChI is InChI=1S/C18H18F3N3S/c1-2-11-22-17(25)24-16(13-7-4-3-5-8-13)23-15-10-6-9-14(12-15)18(19,20)21/h3-10,12H,2,11H2,1H3,(H2,22,23,24,25). The molecule has 0 aliphatic heterocycles. The van der Waals surface area contributed by atoms with Crippen molar-refractivity contribution in [3.05, 3.63) is 65.7 Å². The summed E-state index contributed by atoms with van der Waals surface area (Å²) in [6.07, 6.45) is -3.52. The first kappa shape index (κ1) is 18.9. The topological polar surface area (TPSA) is 36.4 Å². The number of benzene rings is 2. The maximum absolute atomic E-state index is 12.9. The monoisotopic (exact) mass is 365 g/mol. The Morgan fingerprint density at radius 1 is 1.08 bits per heavy atom. The van der Waals surface area contributed by atoms with Crippen LogP contribution in [0.1, 0.15) is 24.5 Å². The van der Waals surface area contributed by atoms with Crippen molar-refractivity contribution in [3.63, 3.8) is 0 Å². The third-order valence-corrected chi connectivity index (χ3v) is 3.48. The number of halogens is 3. The van der Waals surface area contributed by atoms with Crippen LogP contribution in [0, 0.1) is 0 Å². The summed E-state index contributed by atoms with van der Waals surface area (Å²) in [5.41, 5.74) is 0.285. The fraction of sp³-hybridized carbons (Fsp3) is 0.222. The Bertz CT molecular complexity index is 743. The van der Waals surface area contributed by atoms with E-state index in [1.807, 2.05) is 37.3 Å². The maximum atomic E-state index is 12.9. The van der Waals surface area contributed by atoms with Gasteiger partial charge in [0.25, 0.3) is 0 Å². The summed E-state index contributed by atoms with van der Waals surface area (Å²) in [4.78, 5) is 4.32. The van der Waals surface area contributed by atoms with E-state index in [0.29, 0.717) is 12.4 Å². The van der Waals surface area contributed by atoms with Crippen molar-refractivity contribution in [1.29, 1.82) is 0 Å². The number of hydrogen-bond acceptors (Lipinski definition) is 1. The van der Waals surface area contributed by atoms with Crippen molar-refractivity contribution in [3.8, 4) is 0 Å². The summed E-state index contributed by atoms with van der Waals surface area (Å²) in [7, 11) is 0. The van der Waals surface area contributed by atoms with E-state index in [9.17, 15) is 13.2 Å². The molecule has 0 fully saturated rings. The third kappa shape index (κ3) is 5.86. The van der Waals surface area contributed by atoms with Gasteiger partial charge in [-0.25, -0.2) is 4.99 Å². The minimum absolute atomic E-state index is 0.278. The molecule has 132 valence electrons. The van der Waals surface area contributed by atoms with Gasteiger partial charge in [-0.05, 0) is 36.8 Å². The highest BCUT2D eigenvalue weighted by Crippen LogP contribution is 2.30. The average molecular weight is 365 g/mol. The highest BCUT2D eigenvalue weighted by atomic mass is 32.1. The van der Waals surface area contributed by atoms with Gasteiger partial charge in [0.1, 0.15) is 5.84 Å². The van der Waals surface area contributed by atoms with Crippen LogP contribution < -0.4 is 10.6 Å².